The van der Waals surface area contributed by atoms with E-state index in [-0.39, 0.29) is 17.6 Å². The van der Waals surface area contributed by atoms with E-state index >= 15 is 0 Å². The number of carbonyl (C=O) groups is 1. The highest BCUT2D eigenvalue weighted by atomic mass is 19.1. The van der Waals surface area contributed by atoms with Gasteiger partial charge in [0.05, 0.1) is 0 Å². The van der Waals surface area contributed by atoms with Crippen molar-refractivity contribution >= 4 is 5.91 Å². The molecule has 1 aromatic rings. The molecule has 1 aliphatic heterocycles. The Labute approximate surface area is 132 Å². The topological polar surface area (TPSA) is 32.3 Å². The molecule has 3 nitrogen and oxygen atoms in total. The SMILES string of the molecule is CCCN(C(=O)C(C)Cc1cccc(F)c1)C1CCNCC1. The molecular weight excluding hydrogens is 279 g/mol. The summed E-state index contributed by atoms with van der Waals surface area (Å²) < 4.78 is 13.3. The maximum absolute atomic E-state index is 13.3. The lowest BCUT2D eigenvalue weighted by molar-refractivity contribution is -0.138. The summed E-state index contributed by atoms with van der Waals surface area (Å²) in [6.07, 6.45) is 3.63. The van der Waals surface area contributed by atoms with Crippen LogP contribution in [0.25, 0.3) is 0 Å². The summed E-state index contributed by atoms with van der Waals surface area (Å²) in [5.74, 6) is -0.137. The molecule has 0 spiro atoms. The number of hydrogen-bond acceptors (Lipinski definition) is 2. The molecule has 1 aliphatic rings. The van der Waals surface area contributed by atoms with Gasteiger partial charge in [-0.1, -0.05) is 26.0 Å². The number of rotatable bonds is 6. The summed E-state index contributed by atoms with van der Waals surface area (Å²) in [4.78, 5) is 14.9. The van der Waals surface area contributed by atoms with Crippen molar-refractivity contribution in [1.82, 2.24) is 10.2 Å². The van der Waals surface area contributed by atoms with Crippen molar-refractivity contribution in [2.24, 2.45) is 5.92 Å². The predicted molar refractivity (Wildman–Crippen MR) is 87.2 cm³/mol. The first-order valence-corrected chi connectivity index (χ1v) is 8.37. The molecule has 0 radical (unpaired) electrons. The number of carbonyl (C=O) groups excluding carboxylic acids is 1. The first kappa shape index (κ1) is 16.9. The normalized spacial score (nSPS) is 17.2. The van der Waals surface area contributed by atoms with Crippen LogP contribution in [0.2, 0.25) is 0 Å². The molecule has 122 valence electrons. The van der Waals surface area contributed by atoms with Crippen LogP contribution >= 0.6 is 0 Å². The van der Waals surface area contributed by atoms with Crippen LogP contribution in [0.3, 0.4) is 0 Å². The Morgan fingerprint density at radius 3 is 2.77 bits per heavy atom. The van der Waals surface area contributed by atoms with Crippen LogP contribution < -0.4 is 5.32 Å². The second kappa shape index (κ2) is 8.28. The highest BCUT2D eigenvalue weighted by molar-refractivity contribution is 5.79. The van der Waals surface area contributed by atoms with Crippen LogP contribution in [0.4, 0.5) is 4.39 Å². The van der Waals surface area contributed by atoms with Crippen LogP contribution in [0.1, 0.15) is 38.7 Å². The van der Waals surface area contributed by atoms with Gasteiger partial charge in [0.2, 0.25) is 5.91 Å². The number of amides is 1. The van der Waals surface area contributed by atoms with E-state index in [4.69, 9.17) is 0 Å². The molecule has 2 rings (SSSR count). The number of nitrogens with one attached hydrogen (secondary N) is 1. The molecule has 1 N–H and O–H groups in total. The van der Waals surface area contributed by atoms with Crippen molar-refractivity contribution in [3.63, 3.8) is 0 Å². The van der Waals surface area contributed by atoms with Crippen LogP contribution in [0.5, 0.6) is 0 Å². The molecule has 1 atom stereocenters. The molecule has 22 heavy (non-hydrogen) atoms. The fraction of sp³-hybridized carbons (Fsp3) is 0.611. The Hall–Kier alpha value is -1.42. The van der Waals surface area contributed by atoms with Gasteiger partial charge in [0.15, 0.2) is 0 Å². The Morgan fingerprint density at radius 2 is 2.14 bits per heavy atom. The number of benzene rings is 1. The largest absolute Gasteiger partial charge is 0.339 e. The molecule has 0 saturated carbocycles. The molecule has 0 aliphatic carbocycles. The highest BCUT2D eigenvalue weighted by Crippen LogP contribution is 2.18. The minimum atomic E-state index is -0.235. The van der Waals surface area contributed by atoms with Crippen molar-refractivity contribution < 1.29 is 9.18 Å². The average molecular weight is 306 g/mol. The van der Waals surface area contributed by atoms with Gasteiger partial charge in [0.25, 0.3) is 0 Å². The summed E-state index contributed by atoms with van der Waals surface area (Å²) in [7, 11) is 0. The van der Waals surface area contributed by atoms with Crippen molar-refractivity contribution in [2.75, 3.05) is 19.6 Å². The Bertz CT molecular complexity index is 486. The third kappa shape index (κ3) is 4.54. The van der Waals surface area contributed by atoms with E-state index in [0.717, 1.165) is 44.5 Å². The zero-order valence-electron chi connectivity index (χ0n) is 13.6. The first-order chi connectivity index (χ1) is 10.6. The number of halogens is 1. The first-order valence-electron chi connectivity index (χ1n) is 8.37. The summed E-state index contributed by atoms with van der Waals surface area (Å²) >= 11 is 0. The average Bonchev–Trinajstić information content (AvgIpc) is 2.53. The summed E-state index contributed by atoms with van der Waals surface area (Å²) in [6.45, 7) is 6.85. The third-order valence-corrected chi connectivity index (χ3v) is 4.35. The summed E-state index contributed by atoms with van der Waals surface area (Å²) in [5.41, 5.74) is 0.891. The van der Waals surface area contributed by atoms with Crippen molar-refractivity contribution in [3.05, 3.63) is 35.6 Å². The Kier molecular flexibility index (Phi) is 6.37. The standard InChI is InChI=1S/C18H27FN2O/c1-3-11-21(17-7-9-20-10-8-17)18(22)14(2)12-15-5-4-6-16(19)13-15/h4-6,13-14,17,20H,3,7-12H2,1-2H3. The van der Waals surface area contributed by atoms with Crippen LogP contribution in [-0.2, 0) is 11.2 Å². The van der Waals surface area contributed by atoms with Crippen LogP contribution in [0, 0.1) is 11.7 Å². The minimum absolute atomic E-state index is 0.108. The lowest BCUT2D eigenvalue weighted by Crippen LogP contribution is -2.48. The van der Waals surface area contributed by atoms with E-state index in [1.807, 2.05) is 13.0 Å². The predicted octanol–water partition coefficient (Wildman–Crippen LogP) is 2.99. The minimum Gasteiger partial charge on any atom is -0.339 e. The third-order valence-electron chi connectivity index (χ3n) is 4.35. The summed E-state index contributed by atoms with van der Waals surface area (Å²) in [5, 5.41) is 3.35. The van der Waals surface area contributed by atoms with Gasteiger partial charge in [0.1, 0.15) is 5.82 Å². The molecule has 0 aromatic heterocycles. The van der Waals surface area contributed by atoms with Crippen LogP contribution in [0.15, 0.2) is 24.3 Å². The van der Waals surface area contributed by atoms with Gasteiger partial charge in [-0.25, -0.2) is 4.39 Å². The van der Waals surface area contributed by atoms with E-state index in [0.29, 0.717) is 12.5 Å². The number of hydrogen-bond donors (Lipinski definition) is 1. The van der Waals surface area contributed by atoms with E-state index in [1.54, 1.807) is 6.07 Å². The van der Waals surface area contributed by atoms with Crippen molar-refractivity contribution in [1.29, 1.82) is 0 Å². The fourth-order valence-corrected chi connectivity index (χ4v) is 3.22. The molecule has 1 amide bonds. The molecule has 1 heterocycles. The van der Waals surface area contributed by atoms with Gasteiger partial charge in [-0.15, -0.1) is 0 Å². The molecule has 1 aromatic carbocycles. The maximum atomic E-state index is 13.3. The monoisotopic (exact) mass is 306 g/mol. The van der Waals surface area contributed by atoms with Gasteiger partial charge in [0, 0.05) is 18.5 Å². The molecule has 0 bridgehead atoms. The quantitative estimate of drug-likeness (QED) is 0.876. The zero-order valence-corrected chi connectivity index (χ0v) is 13.6. The van der Waals surface area contributed by atoms with Crippen molar-refractivity contribution in [3.8, 4) is 0 Å². The second-order valence-electron chi connectivity index (χ2n) is 6.25. The zero-order chi connectivity index (χ0) is 15.9. The van der Waals surface area contributed by atoms with Crippen molar-refractivity contribution in [2.45, 2.75) is 45.6 Å². The van der Waals surface area contributed by atoms with Gasteiger partial charge in [-0.3, -0.25) is 4.79 Å². The van der Waals surface area contributed by atoms with E-state index < -0.39 is 0 Å². The Morgan fingerprint density at radius 1 is 1.41 bits per heavy atom. The molecule has 1 fully saturated rings. The summed E-state index contributed by atoms with van der Waals surface area (Å²) in [6, 6.07) is 6.91. The second-order valence-corrected chi connectivity index (χ2v) is 6.25. The van der Waals surface area contributed by atoms with Gasteiger partial charge in [-0.05, 0) is 56.5 Å². The van der Waals surface area contributed by atoms with Gasteiger partial charge >= 0.3 is 0 Å². The highest BCUT2D eigenvalue weighted by Gasteiger charge is 2.27. The Balaban J connectivity index is 2.01. The molecule has 1 saturated heterocycles. The lowest BCUT2D eigenvalue weighted by Gasteiger charge is -2.36. The number of nitrogens with zero attached hydrogens (tertiary/aromatic N) is 1. The number of piperidine rings is 1. The maximum Gasteiger partial charge on any atom is 0.225 e. The molecule has 1 unspecified atom stereocenters. The van der Waals surface area contributed by atoms with Crippen LogP contribution in [-0.4, -0.2) is 36.5 Å². The van der Waals surface area contributed by atoms with E-state index in [9.17, 15) is 9.18 Å². The molecular formula is C18H27FN2O. The molecule has 4 heteroatoms. The fourth-order valence-electron chi connectivity index (χ4n) is 3.22. The van der Waals surface area contributed by atoms with Gasteiger partial charge < -0.3 is 10.2 Å². The smallest absolute Gasteiger partial charge is 0.225 e. The van der Waals surface area contributed by atoms with Gasteiger partial charge in [-0.2, -0.15) is 0 Å². The van der Waals surface area contributed by atoms with E-state index in [1.165, 1.54) is 12.1 Å². The van der Waals surface area contributed by atoms with E-state index in [2.05, 4.69) is 17.1 Å². The lowest BCUT2D eigenvalue weighted by atomic mass is 9.97.